The minimum atomic E-state index is -0.505. The molecule has 1 aromatic carbocycles. The van der Waals surface area contributed by atoms with Gasteiger partial charge < -0.3 is 19.1 Å². The second-order valence-corrected chi connectivity index (χ2v) is 8.18. The summed E-state index contributed by atoms with van der Waals surface area (Å²) in [6.45, 7) is 6.04. The zero-order valence-corrected chi connectivity index (χ0v) is 16.0. The van der Waals surface area contributed by atoms with E-state index < -0.39 is 5.60 Å². The molecule has 2 saturated heterocycles. The molecule has 2 aliphatic heterocycles. The summed E-state index contributed by atoms with van der Waals surface area (Å²) in [5.41, 5.74) is 0.368. The van der Waals surface area contributed by atoms with Gasteiger partial charge in [-0.15, -0.1) is 0 Å². The van der Waals surface area contributed by atoms with E-state index in [-0.39, 0.29) is 35.8 Å². The lowest BCUT2D eigenvalue weighted by Crippen LogP contribution is -2.50. The lowest BCUT2D eigenvalue weighted by Gasteiger charge is -2.39. The van der Waals surface area contributed by atoms with Gasteiger partial charge in [-0.2, -0.15) is 0 Å². The quantitative estimate of drug-likeness (QED) is 0.799. The minimum Gasteiger partial charge on any atom is -0.487 e. The van der Waals surface area contributed by atoms with E-state index in [1.807, 2.05) is 25.7 Å². The van der Waals surface area contributed by atoms with Crippen LogP contribution in [0.15, 0.2) is 18.2 Å². The maximum absolute atomic E-state index is 14.1. The van der Waals surface area contributed by atoms with Crippen LogP contribution in [0.1, 0.15) is 52.0 Å². The van der Waals surface area contributed by atoms with Crippen molar-refractivity contribution in [1.29, 1.82) is 0 Å². The molecule has 0 aromatic heterocycles. The first-order chi connectivity index (χ1) is 12.3. The van der Waals surface area contributed by atoms with Gasteiger partial charge in [0.05, 0.1) is 6.61 Å². The monoisotopic (exact) mass is 365 g/mol. The molecular weight excluding hydrogens is 337 g/mol. The van der Waals surface area contributed by atoms with E-state index in [4.69, 9.17) is 14.2 Å². The van der Waals surface area contributed by atoms with E-state index >= 15 is 0 Å². The molecule has 26 heavy (non-hydrogen) atoms. The molecule has 0 aliphatic carbocycles. The molecule has 6 heteroatoms. The number of piperidine rings is 1. The minimum absolute atomic E-state index is 0.0961. The Bertz CT molecular complexity index is 644. The number of benzene rings is 1. The first-order valence-electron chi connectivity index (χ1n) is 9.22. The average Bonchev–Trinajstić information content (AvgIpc) is 2.81. The topological polar surface area (TPSA) is 48.0 Å². The second-order valence-electron chi connectivity index (χ2n) is 8.18. The standard InChI is InChI=1S/C20H28FNO4/c1-20(2,3)26-19(23)22-14-6-7-15(22)11-16(10-14)25-18-9-13(12-24-4)5-8-17(18)21/h5,8-9,14-16H,6-7,10-12H2,1-4H3/t14-,15+,16?. The van der Waals surface area contributed by atoms with Crippen LogP contribution < -0.4 is 4.74 Å². The molecule has 1 amide bonds. The number of hydrogen-bond donors (Lipinski definition) is 0. The maximum Gasteiger partial charge on any atom is 0.410 e. The van der Waals surface area contributed by atoms with Crippen molar-refractivity contribution in [3.63, 3.8) is 0 Å². The normalized spacial score (nSPS) is 25.3. The van der Waals surface area contributed by atoms with Gasteiger partial charge in [-0.3, -0.25) is 0 Å². The predicted molar refractivity (Wildman–Crippen MR) is 95.6 cm³/mol. The van der Waals surface area contributed by atoms with E-state index in [1.54, 1.807) is 19.2 Å². The smallest absolute Gasteiger partial charge is 0.410 e. The largest absolute Gasteiger partial charge is 0.487 e. The Kier molecular flexibility index (Phi) is 5.42. The van der Waals surface area contributed by atoms with Crippen LogP contribution in [-0.4, -0.2) is 41.9 Å². The van der Waals surface area contributed by atoms with Crippen LogP contribution in [0.2, 0.25) is 0 Å². The highest BCUT2D eigenvalue weighted by Gasteiger charge is 2.45. The zero-order valence-electron chi connectivity index (χ0n) is 16.0. The molecule has 0 saturated carbocycles. The lowest BCUT2D eigenvalue weighted by molar-refractivity contribution is -0.00755. The fraction of sp³-hybridized carbons (Fsp3) is 0.650. The van der Waals surface area contributed by atoms with Gasteiger partial charge in [-0.05, 0) is 51.3 Å². The third kappa shape index (κ3) is 4.29. The highest BCUT2D eigenvalue weighted by molar-refractivity contribution is 5.69. The summed E-state index contributed by atoms with van der Waals surface area (Å²) in [6.07, 6.45) is 2.93. The fourth-order valence-electron chi connectivity index (χ4n) is 3.91. The molecule has 3 rings (SSSR count). The maximum atomic E-state index is 14.1. The highest BCUT2D eigenvalue weighted by atomic mass is 19.1. The van der Waals surface area contributed by atoms with Crippen LogP contribution in [0.3, 0.4) is 0 Å². The van der Waals surface area contributed by atoms with Gasteiger partial charge in [-0.25, -0.2) is 9.18 Å². The Hall–Kier alpha value is -1.82. The lowest BCUT2D eigenvalue weighted by atomic mass is 10.00. The molecule has 1 unspecified atom stereocenters. The number of hydrogen-bond acceptors (Lipinski definition) is 4. The Morgan fingerprint density at radius 3 is 2.46 bits per heavy atom. The third-order valence-electron chi connectivity index (χ3n) is 4.89. The average molecular weight is 365 g/mol. The Labute approximate surface area is 154 Å². The summed E-state index contributed by atoms with van der Waals surface area (Å²) >= 11 is 0. The van der Waals surface area contributed by atoms with Gasteiger partial charge in [0, 0.05) is 32.0 Å². The number of carbonyl (C=O) groups is 1. The fourth-order valence-corrected chi connectivity index (χ4v) is 3.91. The van der Waals surface area contributed by atoms with Crippen molar-refractivity contribution in [3.05, 3.63) is 29.6 Å². The molecule has 2 aliphatic rings. The van der Waals surface area contributed by atoms with Crippen LogP contribution >= 0.6 is 0 Å². The van der Waals surface area contributed by atoms with Crippen LogP contribution in [0.4, 0.5) is 9.18 Å². The summed E-state index contributed by atoms with van der Waals surface area (Å²) < 4.78 is 30.7. The van der Waals surface area contributed by atoms with Gasteiger partial charge in [-0.1, -0.05) is 6.07 Å². The zero-order chi connectivity index (χ0) is 18.9. The highest BCUT2D eigenvalue weighted by Crippen LogP contribution is 2.38. The molecule has 2 bridgehead atoms. The van der Waals surface area contributed by atoms with Crippen LogP contribution in [0.25, 0.3) is 0 Å². The Morgan fingerprint density at radius 1 is 1.23 bits per heavy atom. The third-order valence-corrected chi connectivity index (χ3v) is 4.89. The van der Waals surface area contributed by atoms with Crippen LogP contribution in [0, 0.1) is 5.82 Å². The number of nitrogens with zero attached hydrogens (tertiary/aromatic N) is 1. The molecule has 0 radical (unpaired) electrons. The van der Waals surface area contributed by atoms with Gasteiger partial charge in [0.25, 0.3) is 0 Å². The van der Waals surface area contributed by atoms with E-state index in [0.29, 0.717) is 19.4 Å². The molecule has 0 spiro atoms. The van der Waals surface area contributed by atoms with Crippen molar-refractivity contribution in [2.24, 2.45) is 0 Å². The van der Waals surface area contributed by atoms with Crippen LogP contribution in [0.5, 0.6) is 5.75 Å². The summed E-state index contributed by atoms with van der Waals surface area (Å²) in [4.78, 5) is 14.4. The molecule has 2 heterocycles. The molecule has 2 fully saturated rings. The molecule has 1 aromatic rings. The van der Waals surface area contributed by atoms with Crippen molar-refractivity contribution in [2.45, 2.75) is 76.9 Å². The van der Waals surface area contributed by atoms with Gasteiger partial charge in [0.2, 0.25) is 0 Å². The SMILES string of the molecule is COCc1ccc(F)c(OC2C[C@H]3CC[C@@H](C2)N3C(=O)OC(C)(C)C)c1. The number of amides is 1. The molecule has 3 atom stereocenters. The molecular formula is C20H28FNO4. The number of rotatable bonds is 4. The van der Waals surface area contributed by atoms with E-state index in [0.717, 1.165) is 18.4 Å². The first kappa shape index (κ1) is 19.0. The number of methoxy groups -OCH3 is 1. The number of ether oxygens (including phenoxy) is 3. The summed E-state index contributed by atoms with van der Waals surface area (Å²) in [5.74, 6) is -0.110. The number of halogens is 1. The van der Waals surface area contributed by atoms with Crippen molar-refractivity contribution in [2.75, 3.05) is 7.11 Å². The van der Waals surface area contributed by atoms with Gasteiger partial charge in [0.1, 0.15) is 11.7 Å². The predicted octanol–water partition coefficient (Wildman–Crippen LogP) is 4.28. The van der Waals surface area contributed by atoms with Crippen molar-refractivity contribution in [3.8, 4) is 5.75 Å². The second kappa shape index (κ2) is 7.43. The summed E-state index contributed by atoms with van der Waals surface area (Å²) in [6, 6.07) is 4.99. The van der Waals surface area contributed by atoms with Crippen molar-refractivity contribution < 1.29 is 23.4 Å². The van der Waals surface area contributed by atoms with Crippen molar-refractivity contribution >= 4 is 6.09 Å². The summed E-state index contributed by atoms with van der Waals surface area (Å²) in [7, 11) is 1.61. The van der Waals surface area contributed by atoms with Gasteiger partial charge >= 0.3 is 6.09 Å². The van der Waals surface area contributed by atoms with Crippen molar-refractivity contribution in [1.82, 2.24) is 4.90 Å². The van der Waals surface area contributed by atoms with E-state index in [2.05, 4.69) is 0 Å². The van der Waals surface area contributed by atoms with E-state index in [9.17, 15) is 9.18 Å². The molecule has 5 nitrogen and oxygen atoms in total. The molecule has 0 N–H and O–H groups in total. The Balaban J connectivity index is 1.66. The van der Waals surface area contributed by atoms with Crippen LogP contribution in [-0.2, 0) is 16.1 Å². The number of carbonyl (C=O) groups excluding carboxylic acids is 1. The number of fused-ring (bicyclic) bond motifs is 2. The Morgan fingerprint density at radius 2 is 1.88 bits per heavy atom. The first-order valence-corrected chi connectivity index (χ1v) is 9.22. The van der Waals surface area contributed by atoms with Gasteiger partial charge in [0.15, 0.2) is 11.6 Å². The molecule has 144 valence electrons. The van der Waals surface area contributed by atoms with E-state index in [1.165, 1.54) is 6.07 Å². The summed E-state index contributed by atoms with van der Waals surface area (Å²) in [5, 5.41) is 0.